The first-order valence-electron chi connectivity index (χ1n) is 10.6. The zero-order valence-corrected chi connectivity index (χ0v) is 19.6. The molecule has 0 fully saturated rings. The Morgan fingerprint density at radius 1 is 1.09 bits per heavy atom. The number of benzene rings is 2. The fourth-order valence-corrected chi connectivity index (χ4v) is 3.94. The Bertz CT molecular complexity index is 1130. The van der Waals surface area contributed by atoms with Crippen molar-refractivity contribution in [1.82, 2.24) is 9.80 Å². The average molecular weight is 481 g/mol. The molecule has 0 saturated carbocycles. The molecule has 0 bridgehead atoms. The van der Waals surface area contributed by atoms with Crippen LogP contribution >= 0.6 is 11.3 Å². The smallest absolute Gasteiger partial charge is 0.322 e. The highest BCUT2D eigenvalue weighted by Crippen LogP contribution is 2.16. The quantitative estimate of drug-likeness (QED) is 0.464. The van der Waals surface area contributed by atoms with Gasteiger partial charge in [0.15, 0.2) is 0 Å². The highest BCUT2D eigenvalue weighted by atomic mass is 32.1. The Morgan fingerprint density at radius 3 is 2.56 bits per heavy atom. The summed E-state index contributed by atoms with van der Waals surface area (Å²) in [5.74, 6) is -0.600. The maximum Gasteiger partial charge on any atom is 0.322 e. The number of rotatable bonds is 10. The number of hydrogen-bond donors (Lipinski definition) is 1. The first-order chi connectivity index (χ1) is 16.5. The Labute approximate surface area is 202 Å². The molecule has 176 valence electrons. The molecule has 7 nitrogen and oxygen atoms in total. The van der Waals surface area contributed by atoms with E-state index in [-0.39, 0.29) is 38.0 Å². The molecule has 0 aliphatic rings. The molecule has 34 heavy (non-hydrogen) atoms. The molecule has 1 N–H and O–H groups in total. The number of urea groups is 1. The van der Waals surface area contributed by atoms with Gasteiger partial charge in [0, 0.05) is 30.8 Å². The molecule has 0 saturated heterocycles. The van der Waals surface area contributed by atoms with Crippen molar-refractivity contribution in [2.75, 3.05) is 32.1 Å². The first kappa shape index (κ1) is 24.9. The van der Waals surface area contributed by atoms with Crippen LogP contribution < -0.4 is 5.32 Å². The summed E-state index contributed by atoms with van der Waals surface area (Å²) < 4.78 is 18.5. The van der Waals surface area contributed by atoms with Gasteiger partial charge in [0.05, 0.1) is 24.8 Å². The number of nitrogens with zero attached hydrogens (tertiary/aromatic N) is 3. The number of anilines is 1. The summed E-state index contributed by atoms with van der Waals surface area (Å²) in [6.07, 6.45) is 0. The number of methoxy groups -OCH3 is 1. The third-order valence-corrected chi connectivity index (χ3v) is 5.85. The monoisotopic (exact) mass is 480 g/mol. The normalized spacial score (nSPS) is 10.4. The number of nitrogens with one attached hydrogen (secondary N) is 1. The van der Waals surface area contributed by atoms with E-state index in [0.717, 1.165) is 10.4 Å². The number of amides is 3. The standard InChI is InChI=1S/C25H25FN4O3S/c1-33-12-11-29(25(32)28-22-5-2-4-20(14-22)15-27)18-24(31)30(17-23-6-3-13-34-23)16-19-7-9-21(26)10-8-19/h2-10,13-14H,11-12,16-18H2,1H3,(H,28,32). The third-order valence-electron chi connectivity index (χ3n) is 4.99. The van der Waals surface area contributed by atoms with E-state index in [1.54, 1.807) is 41.3 Å². The van der Waals surface area contributed by atoms with Crippen LogP contribution in [0.1, 0.15) is 16.0 Å². The van der Waals surface area contributed by atoms with Crippen LogP contribution in [-0.4, -0.2) is 48.5 Å². The van der Waals surface area contributed by atoms with Crippen molar-refractivity contribution in [3.8, 4) is 6.07 Å². The molecule has 3 aromatic rings. The van der Waals surface area contributed by atoms with E-state index in [1.807, 2.05) is 23.6 Å². The maximum absolute atomic E-state index is 13.3. The second-order valence-corrected chi connectivity index (χ2v) is 8.52. The summed E-state index contributed by atoms with van der Waals surface area (Å²) in [4.78, 5) is 30.3. The molecule has 0 spiro atoms. The Morgan fingerprint density at radius 2 is 1.88 bits per heavy atom. The van der Waals surface area contributed by atoms with Gasteiger partial charge in [-0.15, -0.1) is 11.3 Å². The molecule has 1 aromatic heterocycles. The summed E-state index contributed by atoms with van der Waals surface area (Å²) in [5, 5.41) is 13.8. The van der Waals surface area contributed by atoms with Crippen molar-refractivity contribution in [3.63, 3.8) is 0 Å². The van der Waals surface area contributed by atoms with Crippen molar-refractivity contribution in [3.05, 3.63) is 87.9 Å². The number of carbonyl (C=O) groups excluding carboxylic acids is 2. The second-order valence-electron chi connectivity index (χ2n) is 7.49. The minimum absolute atomic E-state index is 0.167. The van der Waals surface area contributed by atoms with E-state index in [2.05, 4.69) is 5.32 Å². The van der Waals surface area contributed by atoms with Gasteiger partial charge >= 0.3 is 6.03 Å². The zero-order valence-electron chi connectivity index (χ0n) is 18.7. The van der Waals surface area contributed by atoms with Crippen molar-refractivity contribution >= 4 is 29.0 Å². The van der Waals surface area contributed by atoms with E-state index in [0.29, 0.717) is 17.8 Å². The second kappa shape index (κ2) is 12.5. The van der Waals surface area contributed by atoms with E-state index in [9.17, 15) is 14.0 Å². The highest BCUT2D eigenvalue weighted by Gasteiger charge is 2.22. The van der Waals surface area contributed by atoms with Crippen molar-refractivity contribution in [2.45, 2.75) is 13.1 Å². The van der Waals surface area contributed by atoms with Crippen molar-refractivity contribution in [2.24, 2.45) is 0 Å². The van der Waals surface area contributed by atoms with E-state index in [4.69, 9.17) is 10.00 Å². The molecular weight excluding hydrogens is 455 g/mol. The number of nitriles is 1. The molecule has 3 rings (SSSR count). The number of hydrogen-bond acceptors (Lipinski definition) is 5. The lowest BCUT2D eigenvalue weighted by Crippen LogP contribution is -2.45. The summed E-state index contributed by atoms with van der Waals surface area (Å²) in [5.41, 5.74) is 1.66. The molecule has 0 aliphatic carbocycles. The third kappa shape index (κ3) is 7.40. The fourth-order valence-electron chi connectivity index (χ4n) is 3.22. The predicted octanol–water partition coefficient (Wildman–Crippen LogP) is 4.47. The minimum atomic E-state index is -0.474. The number of ether oxygens (including phenoxy) is 1. The van der Waals surface area contributed by atoms with Gasteiger partial charge in [-0.1, -0.05) is 24.3 Å². The van der Waals surface area contributed by atoms with Gasteiger partial charge in [-0.05, 0) is 47.3 Å². The Balaban J connectivity index is 1.75. The van der Waals surface area contributed by atoms with Crippen molar-refractivity contribution in [1.29, 1.82) is 5.26 Å². The molecule has 9 heteroatoms. The van der Waals surface area contributed by atoms with Crippen LogP contribution in [0.25, 0.3) is 0 Å². The van der Waals surface area contributed by atoms with Gasteiger partial charge in [0.1, 0.15) is 12.4 Å². The van der Waals surface area contributed by atoms with E-state index >= 15 is 0 Å². The number of carbonyl (C=O) groups is 2. The van der Waals surface area contributed by atoms with Gasteiger partial charge in [-0.2, -0.15) is 5.26 Å². The van der Waals surface area contributed by atoms with Gasteiger partial charge in [0.25, 0.3) is 0 Å². The Hall–Kier alpha value is -3.74. The molecular formula is C25H25FN4O3S. The molecule has 0 aliphatic heterocycles. The fraction of sp³-hybridized carbons (Fsp3) is 0.240. The van der Waals surface area contributed by atoms with Crippen LogP contribution in [0, 0.1) is 17.1 Å². The van der Waals surface area contributed by atoms with Crippen LogP contribution in [0.4, 0.5) is 14.9 Å². The molecule has 0 atom stereocenters. The highest BCUT2D eigenvalue weighted by molar-refractivity contribution is 7.09. The largest absolute Gasteiger partial charge is 0.383 e. The average Bonchev–Trinajstić information content (AvgIpc) is 3.35. The summed E-state index contributed by atoms with van der Waals surface area (Å²) in [6.45, 7) is 0.940. The predicted molar refractivity (Wildman–Crippen MR) is 129 cm³/mol. The van der Waals surface area contributed by atoms with Crippen molar-refractivity contribution < 1.29 is 18.7 Å². The lowest BCUT2D eigenvalue weighted by molar-refractivity contribution is -0.133. The van der Waals surface area contributed by atoms with E-state index in [1.165, 1.54) is 35.5 Å². The van der Waals surface area contributed by atoms with Gasteiger partial charge < -0.3 is 19.9 Å². The SMILES string of the molecule is COCCN(CC(=O)N(Cc1ccc(F)cc1)Cc1cccs1)C(=O)Nc1cccc(C#N)c1. The first-order valence-corrected chi connectivity index (χ1v) is 11.5. The molecule has 0 radical (unpaired) electrons. The van der Waals surface area contributed by atoms with Gasteiger partial charge in [-0.3, -0.25) is 4.79 Å². The Kier molecular flexibility index (Phi) is 9.14. The molecule has 3 amide bonds. The van der Waals surface area contributed by atoms with Crippen LogP contribution in [-0.2, 0) is 22.6 Å². The zero-order chi connectivity index (χ0) is 24.3. The van der Waals surface area contributed by atoms with Crippen LogP contribution in [0.3, 0.4) is 0 Å². The lowest BCUT2D eigenvalue weighted by atomic mass is 10.2. The van der Waals surface area contributed by atoms with Crippen LogP contribution in [0.15, 0.2) is 66.0 Å². The lowest BCUT2D eigenvalue weighted by Gasteiger charge is -2.27. The van der Waals surface area contributed by atoms with Crippen LogP contribution in [0.5, 0.6) is 0 Å². The van der Waals surface area contributed by atoms with Gasteiger partial charge in [0.2, 0.25) is 5.91 Å². The van der Waals surface area contributed by atoms with Gasteiger partial charge in [-0.25, -0.2) is 9.18 Å². The number of thiophene rings is 1. The topological polar surface area (TPSA) is 85.7 Å². The molecule has 0 unspecified atom stereocenters. The maximum atomic E-state index is 13.3. The molecule has 2 aromatic carbocycles. The summed E-state index contributed by atoms with van der Waals surface area (Å²) >= 11 is 1.53. The minimum Gasteiger partial charge on any atom is -0.383 e. The van der Waals surface area contributed by atoms with E-state index < -0.39 is 6.03 Å². The summed E-state index contributed by atoms with van der Waals surface area (Å²) in [7, 11) is 1.52. The number of halogens is 1. The summed E-state index contributed by atoms with van der Waals surface area (Å²) in [6, 6.07) is 17.9. The van der Waals surface area contributed by atoms with Crippen LogP contribution in [0.2, 0.25) is 0 Å². The molecule has 1 heterocycles.